The van der Waals surface area contributed by atoms with Crippen LogP contribution in [0.1, 0.15) is 47.5 Å². The maximum Gasteiger partial charge on any atom is 0.243 e. The number of ether oxygens (including phenoxy) is 1. The average Bonchev–Trinajstić information content (AvgIpc) is 2.87. The predicted octanol–water partition coefficient (Wildman–Crippen LogP) is 2.45. The van der Waals surface area contributed by atoms with Crippen molar-refractivity contribution in [3.63, 3.8) is 0 Å². The molecule has 124 valence electrons. The van der Waals surface area contributed by atoms with E-state index in [1.807, 2.05) is 11.8 Å². The predicted molar refractivity (Wildman–Crippen MR) is 87.5 cm³/mol. The van der Waals surface area contributed by atoms with Crippen LogP contribution in [0, 0.1) is 17.3 Å². The molecule has 0 spiro atoms. The van der Waals surface area contributed by atoms with Crippen LogP contribution in [0.5, 0.6) is 0 Å². The van der Waals surface area contributed by atoms with Gasteiger partial charge in [0.05, 0.1) is 6.10 Å². The molecule has 1 saturated carbocycles. The molecular formula is C16H31ClN2O2. The molecule has 0 radical (unpaired) electrons. The molecule has 2 aliphatic rings. The van der Waals surface area contributed by atoms with Crippen molar-refractivity contribution in [2.24, 2.45) is 23.0 Å². The summed E-state index contributed by atoms with van der Waals surface area (Å²) in [5, 5.41) is 0. The fraction of sp³-hybridized carbons (Fsp3) is 0.938. The summed E-state index contributed by atoms with van der Waals surface area (Å²) in [6.45, 7) is 13.0. The Morgan fingerprint density at radius 1 is 1.43 bits per heavy atom. The van der Waals surface area contributed by atoms with Crippen LogP contribution in [0.15, 0.2) is 0 Å². The molecule has 1 saturated heterocycles. The Morgan fingerprint density at radius 2 is 2.05 bits per heavy atom. The number of carbonyl (C=O) groups is 1. The molecule has 3 unspecified atom stereocenters. The first-order valence-electron chi connectivity index (χ1n) is 7.94. The molecule has 2 N–H and O–H groups in total. The highest BCUT2D eigenvalue weighted by Gasteiger charge is 2.64. The lowest BCUT2D eigenvalue weighted by atomic mass is 9.54. The van der Waals surface area contributed by atoms with Gasteiger partial charge in [0, 0.05) is 31.5 Å². The van der Waals surface area contributed by atoms with Crippen molar-refractivity contribution in [3.8, 4) is 0 Å². The van der Waals surface area contributed by atoms with Gasteiger partial charge < -0.3 is 15.4 Å². The summed E-state index contributed by atoms with van der Waals surface area (Å²) < 4.78 is 5.71. The van der Waals surface area contributed by atoms with E-state index < -0.39 is 5.54 Å². The second kappa shape index (κ2) is 6.43. The van der Waals surface area contributed by atoms with Crippen molar-refractivity contribution >= 4 is 18.3 Å². The summed E-state index contributed by atoms with van der Waals surface area (Å²) in [5.74, 6) is 1.38. The van der Waals surface area contributed by atoms with Crippen LogP contribution in [0.3, 0.4) is 0 Å². The maximum absolute atomic E-state index is 12.8. The quantitative estimate of drug-likeness (QED) is 0.866. The first-order valence-corrected chi connectivity index (χ1v) is 7.94. The van der Waals surface area contributed by atoms with E-state index in [-0.39, 0.29) is 29.8 Å². The van der Waals surface area contributed by atoms with Crippen LogP contribution in [-0.2, 0) is 9.53 Å². The largest absolute Gasteiger partial charge is 0.378 e. The molecule has 3 atom stereocenters. The number of amides is 1. The zero-order valence-corrected chi connectivity index (χ0v) is 14.8. The Kier molecular flexibility index (Phi) is 5.73. The first kappa shape index (κ1) is 18.7. The lowest BCUT2D eigenvalue weighted by Crippen LogP contribution is -2.75. The summed E-state index contributed by atoms with van der Waals surface area (Å²) in [6, 6.07) is 0. The standard InChI is InChI=1S/C16H30N2O2.ClH/c1-6-20-13-9-16(17,15(13,4)5)14(19)18-8-7-12(10-18)11(2)3;/h11-13H,6-10,17H2,1-5H3;1H. The molecule has 1 heterocycles. The number of halogens is 1. The molecule has 0 bridgehead atoms. The summed E-state index contributed by atoms with van der Waals surface area (Å²) in [7, 11) is 0. The van der Waals surface area contributed by atoms with Gasteiger partial charge in [0.15, 0.2) is 0 Å². The minimum Gasteiger partial charge on any atom is -0.378 e. The molecule has 4 nitrogen and oxygen atoms in total. The Bertz CT molecular complexity index is 386. The maximum atomic E-state index is 12.8. The monoisotopic (exact) mass is 318 g/mol. The van der Waals surface area contributed by atoms with E-state index in [4.69, 9.17) is 10.5 Å². The van der Waals surface area contributed by atoms with E-state index in [0.717, 1.165) is 19.5 Å². The van der Waals surface area contributed by atoms with Crippen LogP contribution in [-0.4, -0.2) is 42.1 Å². The van der Waals surface area contributed by atoms with Crippen molar-refractivity contribution < 1.29 is 9.53 Å². The molecule has 2 fully saturated rings. The van der Waals surface area contributed by atoms with Gasteiger partial charge in [0.2, 0.25) is 5.91 Å². The summed E-state index contributed by atoms with van der Waals surface area (Å²) >= 11 is 0. The Hall–Kier alpha value is -0.320. The van der Waals surface area contributed by atoms with Gasteiger partial charge in [0.25, 0.3) is 0 Å². The van der Waals surface area contributed by atoms with Gasteiger partial charge in [-0.15, -0.1) is 12.4 Å². The molecular weight excluding hydrogens is 288 g/mol. The van der Waals surface area contributed by atoms with Crippen molar-refractivity contribution in [3.05, 3.63) is 0 Å². The Labute approximate surface area is 135 Å². The number of carbonyl (C=O) groups excluding carboxylic acids is 1. The van der Waals surface area contributed by atoms with Gasteiger partial charge >= 0.3 is 0 Å². The molecule has 1 aliphatic heterocycles. The number of likely N-dealkylation sites (tertiary alicyclic amines) is 1. The molecule has 21 heavy (non-hydrogen) atoms. The van der Waals surface area contributed by atoms with E-state index in [1.54, 1.807) is 0 Å². The van der Waals surface area contributed by atoms with Gasteiger partial charge in [-0.05, 0) is 25.2 Å². The fourth-order valence-electron chi connectivity index (χ4n) is 3.60. The van der Waals surface area contributed by atoms with E-state index >= 15 is 0 Å². The molecule has 0 aromatic rings. The van der Waals surface area contributed by atoms with Crippen LogP contribution in [0.4, 0.5) is 0 Å². The van der Waals surface area contributed by atoms with Gasteiger partial charge in [-0.3, -0.25) is 4.79 Å². The van der Waals surface area contributed by atoms with Gasteiger partial charge in [0.1, 0.15) is 5.54 Å². The minimum absolute atomic E-state index is 0. The highest BCUT2D eigenvalue weighted by atomic mass is 35.5. The zero-order valence-electron chi connectivity index (χ0n) is 14.0. The fourth-order valence-corrected chi connectivity index (χ4v) is 3.60. The first-order chi connectivity index (χ1) is 9.24. The van der Waals surface area contributed by atoms with E-state index in [0.29, 0.717) is 24.9 Å². The summed E-state index contributed by atoms with van der Waals surface area (Å²) in [5.41, 5.74) is 5.44. The summed E-state index contributed by atoms with van der Waals surface area (Å²) in [4.78, 5) is 14.8. The highest BCUT2D eigenvalue weighted by molar-refractivity contribution is 5.89. The second-order valence-electron chi connectivity index (χ2n) is 7.39. The van der Waals surface area contributed by atoms with E-state index in [1.165, 1.54) is 0 Å². The van der Waals surface area contributed by atoms with Crippen LogP contribution < -0.4 is 5.73 Å². The third-order valence-electron chi connectivity index (χ3n) is 5.67. The number of nitrogens with zero attached hydrogens (tertiary/aromatic N) is 1. The number of rotatable bonds is 4. The van der Waals surface area contributed by atoms with Crippen LogP contribution >= 0.6 is 12.4 Å². The molecule has 1 aliphatic carbocycles. The third-order valence-corrected chi connectivity index (χ3v) is 5.67. The van der Waals surface area contributed by atoms with Crippen LogP contribution in [0.25, 0.3) is 0 Å². The van der Waals surface area contributed by atoms with Gasteiger partial charge in [-0.1, -0.05) is 27.7 Å². The Balaban J connectivity index is 0.00000220. The highest BCUT2D eigenvalue weighted by Crippen LogP contribution is 2.51. The van der Waals surface area contributed by atoms with Gasteiger partial charge in [-0.2, -0.15) is 0 Å². The number of hydrogen-bond acceptors (Lipinski definition) is 3. The summed E-state index contributed by atoms with van der Waals surface area (Å²) in [6.07, 6.45) is 1.86. The van der Waals surface area contributed by atoms with Gasteiger partial charge in [-0.25, -0.2) is 0 Å². The van der Waals surface area contributed by atoms with Crippen molar-refractivity contribution in [1.29, 1.82) is 0 Å². The van der Waals surface area contributed by atoms with Crippen LogP contribution in [0.2, 0.25) is 0 Å². The molecule has 1 amide bonds. The average molecular weight is 319 g/mol. The lowest BCUT2D eigenvalue weighted by molar-refractivity contribution is -0.178. The second-order valence-corrected chi connectivity index (χ2v) is 7.39. The van der Waals surface area contributed by atoms with E-state index in [2.05, 4.69) is 27.7 Å². The van der Waals surface area contributed by atoms with E-state index in [9.17, 15) is 4.79 Å². The molecule has 0 aromatic carbocycles. The minimum atomic E-state index is -0.751. The third kappa shape index (κ3) is 2.95. The number of nitrogens with two attached hydrogens (primary N) is 1. The molecule has 5 heteroatoms. The topological polar surface area (TPSA) is 55.6 Å². The van der Waals surface area contributed by atoms with Crippen molar-refractivity contribution in [2.45, 2.75) is 59.1 Å². The smallest absolute Gasteiger partial charge is 0.243 e. The van der Waals surface area contributed by atoms with Crippen molar-refractivity contribution in [1.82, 2.24) is 4.90 Å². The number of hydrogen-bond donors (Lipinski definition) is 1. The Morgan fingerprint density at radius 3 is 2.48 bits per heavy atom. The normalized spacial score (nSPS) is 34.5. The van der Waals surface area contributed by atoms with Crippen molar-refractivity contribution in [2.75, 3.05) is 19.7 Å². The molecule has 2 rings (SSSR count). The SMILES string of the molecule is CCOC1CC(N)(C(=O)N2CCC(C(C)C)C2)C1(C)C.Cl. The molecule has 0 aromatic heterocycles. The lowest BCUT2D eigenvalue weighted by Gasteiger charge is -2.58. The zero-order chi connectivity index (χ0) is 15.1.